The van der Waals surface area contributed by atoms with E-state index < -0.39 is 11.6 Å². The Bertz CT molecular complexity index is 899. The predicted octanol–water partition coefficient (Wildman–Crippen LogP) is 2.69. The fraction of sp³-hybridized carbons (Fsp3) is 0.524. The van der Waals surface area contributed by atoms with Crippen molar-refractivity contribution < 1.29 is 24.2 Å². The van der Waals surface area contributed by atoms with Crippen LogP contribution in [-0.2, 0) is 9.53 Å². The van der Waals surface area contributed by atoms with Crippen molar-refractivity contribution in [1.29, 1.82) is 0 Å². The van der Waals surface area contributed by atoms with Crippen molar-refractivity contribution in [2.45, 2.75) is 45.2 Å². The molecule has 2 aliphatic rings. The molecule has 0 unspecified atom stereocenters. The number of hydrogen-bond donors (Lipinski definition) is 1. The molecule has 160 valence electrons. The number of aryl methyl sites for hydroxylation is 1. The summed E-state index contributed by atoms with van der Waals surface area (Å²) < 4.78 is 4.95. The van der Waals surface area contributed by atoms with Crippen LogP contribution in [0, 0.1) is 13.5 Å². The van der Waals surface area contributed by atoms with Crippen molar-refractivity contribution in [2.75, 3.05) is 31.2 Å². The highest BCUT2D eigenvalue weighted by atomic mass is 16.6. The normalized spacial score (nSPS) is 19.2. The minimum atomic E-state index is -1.02. The number of imide groups is 1. The minimum Gasteiger partial charge on any atom is -0.447 e. The Hall–Kier alpha value is -3.12. The summed E-state index contributed by atoms with van der Waals surface area (Å²) in [5.41, 5.74) is 0.618. The maximum atomic E-state index is 13.3. The van der Waals surface area contributed by atoms with Gasteiger partial charge in [-0.1, -0.05) is 6.07 Å². The molecule has 1 aromatic carbocycles. The number of aliphatic hydroxyl groups excluding tert-OH is 1. The number of piperidine rings is 1. The molecule has 30 heavy (non-hydrogen) atoms. The van der Waals surface area contributed by atoms with Gasteiger partial charge in [-0.2, -0.15) is 0 Å². The topological polar surface area (TPSA) is 94.8 Å². The molecule has 9 heteroatoms. The van der Waals surface area contributed by atoms with Crippen LogP contribution in [0.1, 0.15) is 32.3 Å². The maximum absolute atomic E-state index is 13.3. The van der Waals surface area contributed by atoms with Crippen LogP contribution in [0.25, 0.3) is 4.85 Å². The minimum absolute atomic E-state index is 0.0500. The molecule has 0 aliphatic carbocycles. The van der Waals surface area contributed by atoms with Crippen molar-refractivity contribution >= 4 is 29.4 Å². The van der Waals surface area contributed by atoms with Crippen molar-refractivity contribution in [3.63, 3.8) is 0 Å². The zero-order chi connectivity index (χ0) is 22.1. The standard InChI is InChI=1S/C21H26N4O5/c1-14-13-16(5-6-17(14)22-4)24-18(27)21(2,3)25(19(24)28)15-7-9-23(10-8-15)20(29)30-12-11-26/h5-6,13,15,26H,7-12H2,1-3H3. The molecule has 0 spiro atoms. The highest BCUT2D eigenvalue weighted by Crippen LogP contribution is 2.37. The number of urea groups is 1. The number of carbonyl (C=O) groups is 3. The number of amides is 4. The van der Waals surface area contributed by atoms with Crippen LogP contribution in [0.3, 0.4) is 0 Å². The van der Waals surface area contributed by atoms with E-state index in [-0.39, 0.29) is 31.2 Å². The van der Waals surface area contributed by atoms with E-state index in [9.17, 15) is 14.4 Å². The van der Waals surface area contributed by atoms with Crippen LogP contribution in [-0.4, -0.2) is 70.8 Å². The van der Waals surface area contributed by atoms with Crippen molar-refractivity contribution in [3.05, 3.63) is 35.2 Å². The first kappa shape index (κ1) is 21.6. The molecule has 9 nitrogen and oxygen atoms in total. The van der Waals surface area contributed by atoms with E-state index in [0.717, 1.165) is 0 Å². The monoisotopic (exact) mass is 414 g/mol. The molecule has 0 radical (unpaired) electrons. The lowest BCUT2D eigenvalue weighted by atomic mass is 9.96. The number of anilines is 1. The first-order valence-corrected chi connectivity index (χ1v) is 9.91. The highest BCUT2D eigenvalue weighted by Gasteiger charge is 2.54. The first-order valence-electron chi connectivity index (χ1n) is 9.91. The summed E-state index contributed by atoms with van der Waals surface area (Å²) in [6, 6.07) is 4.34. The summed E-state index contributed by atoms with van der Waals surface area (Å²) in [6.07, 6.45) is 0.572. The molecule has 0 atom stereocenters. The Labute approximate surface area is 175 Å². The lowest BCUT2D eigenvalue weighted by Gasteiger charge is -2.40. The van der Waals surface area contributed by atoms with Crippen molar-refractivity contribution in [1.82, 2.24) is 9.80 Å². The number of likely N-dealkylation sites (tertiary alicyclic amines) is 1. The van der Waals surface area contributed by atoms with Gasteiger partial charge in [0.2, 0.25) is 0 Å². The summed E-state index contributed by atoms with van der Waals surface area (Å²) >= 11 is 0. The maximum Gasteiger partial charge on any atom is 0.409 e. The van der Waals surface area contributed by atoms with Crippen LogP contribution < -0.4 is 4.90 Å². The second-order valence-electron chi connectivity index (χ2n) is 7.99. The summed E-state index contributed by atoms with van der Waals surface area (Å²) in [6.45, 7) is 12.9. The third-order valence-electron chi connectivity index (χ3n) is 5.69. The number of ether oxygens (including phenoxy) is 1. The Morgan fingerprint density at radius 1 is 1.30 bits per heavy atom. The van der Waals surface area contributed by atoms with E-state index in [1.807, 2.05) is 0 Å². The molecule has 0 saturated carbocycles. The second kappa shape index (κ2) is 8.32. The molecule has 0 aromatic heterocycles. The lowest BCUT2D eigenvalue weighted by molar-refractivity contribution is -0.124. The van der Waals surface area contributed by atoms with Gasteiger partial charge in [-0.3, -0.25) is 4.79 Å². The number of rotatable bonds is 4. The van der Waals surface area contributed by atoms with E-state index in [0.29, 0.717) is 42.9 Å². The van der Waals surface area contributed by atoms with Gasteiger partial charge in [0.1, 0.15) is 12.1 Å². The van der Waals surface area contributed by atoms with Gasteiger partial charge < -0.3 is 19.6 Å². The smallest absolute Gasteiger partial charge is 0.409 e. The summed E-state index contributed by atoms with van der Waals surface area (Å²) in [4.78, 5) is 46.2. The Balaban J connectivity index is 1.78. The average molecular weight is 414 g/mol. The third kappa shape index (κ3) is 3.71. The molecule has 2 fully saturated rings. The van der Waals surface area contributed by atoms with Crippen LogP contribution in [0.15, 0.2) is 18.2 Å². The van der Waals surface area contributed by atoms with Gasteiger partial charge in [0, 0.05) is 19.1 Å². The number of benzene rings is 1. The number of carbonyl (C=O) groups excluding carboxylic acids is 3. The van der Waals surface area contributed by atoms with E-state index >= 15 is 0 Å². The van der Waals surface area contributed by atoms with Crippen LogP contribution in [0.5, 0.6) is 0 Å². The number of nitrogens with zero attached hydrogens (tertiary/aromatic N) is 4. The van der Waals surface area contributed by atoms with Crippen LogP contribution in [0.2, 0.25) is 0 Å². The fourth-order valence-corrected chi connectivity index (χ4v) is 4.09. The average Bonchev–Trinajstić information content (AvgIpc) is 2.90. The molecular weight excluding hydrogens is 388 g/mol. The molecule has 0 bridgehead atoms. The van der Waals surface area contributed by atoms with E-state index in [4.69, 9.17) is 16.4 Å². The molecule has 2 heterocycles. The van der Waals surface area contributed by atoms with Gasteiger partial charge >= 0.3 is 12.1 Å². The Morgan fingerprint density at radius 2 is 1.97 bits per heavy atom. The predicted molar refractivity (Wildman–Crippen MR) is 109 cm³/mol. The summed E-state index contributed by atoms with van der Waals surface area (Å²) in [7, 11) is 0. The van der Waals surface area contributed by atoms with Gasteiger partial charge in [0.15, 0.2) is 5.69 Å². The quantitative estimate of drug-likeness (QED) is 0.604. The van der Waals surface area contributed by atoms with Crippen molar-refractivity contribution in [3.8, 4) is 0 Å². The van der Waals surface area contributed by atoms with Gasteiger partial charge in [-0.15, -0.1) is 0 Å². The van der Waals surface area contributed by atoms with Gasteiger partial charge in [0.25, 0.3) is 5.91 Å². The van der Waals surface area contributed by atoms with E-state index in [2.05, 4.69) is 4.85 Å². The largest absolute Gasteiger partial charge is 0.447 e. The van der Waals surface area contributed by atoms with E-state index in [1.165, 1.54) is 4.90 Å². The van der Waals surface area contributed by atoms with Gasteiger partial charge in [-0.05, 0) is 51.3 Å². The van der Waals surface area contributed by atoms with Crippen LogP contribution in [0.4, 0.5) is 21.0 Å². The second-order valence-corrected chi connectivity index (χ2v) is 7.99. The Kier molecular flexibility index (Phi) is 5.99. The molecular formula is C21H26N4O5. The Morgan fingerprint density at radius 3 is 2.53 bits per heavy atom. The third-order valence-corrected chi connectivity index (χ3v) is 5.69. The molecule has 2 aliphatic heterocycles. The van der Waals surface area contributed by atoms with Crippen LogP contribution >= 0.6 is 0 Å². The lowest BCUT2D eigenvalue weighted by Crippen LogP contribution is -2.54. The summed E-state index contributed by atoms with van der Waals surface area (Å²) in [5, 5.41) is 8.78. The molecule has 3 rings (SSSR count). The van der Waals surface area contributed by atoms with Gasteiger partial charge in [-0.25, -0.2) is 19.3 Å². The van der Waals surface area contributed by atoms with Crippen molar-refractivity contribution in [2.24, 2.45) is 0 Å². The molecule has 1 N–H and O–H groups in total. The first-order chi connectivity index (χ1) is 14.2. The zero-order valence-electron chi connectivity index (χ0n) is 17.4. The van der Waals surface area contributed by atoms with Gasteiger partial charge in [0.05, 0.1) is 18.9 Å². The highest BCUT2D eigenvalue weighted by molar-refractivity contribution is 6.23. The molecule has 4 amide bonds. The number of hydrogen-bond acceptors (Lipinski definition) is 5. The molecule has 1 aromatic rings. The molecule has 2 saturated heterocycles. The number of aliphatic hydroxyl groups is 1. The SMILES string of the molecule is [C-]#[N+]c1ccc(N2C(=O)N(C3CCN(C(=O)OCCO)CC3)C(C)(C)C2=O)cc1C. The summed E-state index contributed by atoms with van der Waals surface area (Å²) in [5.74, 6) is -0.313. The van der Waals surface area contributed by atoms with E-state index in [1.54, 1.807) is 48.8 Å². The fourth-order valence-electron chi connectivity index (χ4n) is 4.09. The zero-order valence-corrected chi connectivity index (χ0v) is 17.4.